The molecule has 0 radical (unpaired) electrons. The van der Waals surface area contributed by atoms with Crippen molar-refractivity contribution < 1.29 is 9.53 Å². The number of ether oxygens (including phenoxy) is 1. The Balaban J connectivity index is 1.31. The van der Waals surface area contributed by atoms with Gasteiger partial charge in [0.25, 0.3) is 0 Å². The molecule has 0 saturated heterocycles. The highest BCUT2D eigenvalue weighted by Gasteiger charge is 2.22. The van der Waals surface area contributed by atoms with E-state index in [9.17, 15) is 4.79 Å². The van der Waals surface area contributed by atoms with Crippen LogP contribution in [0, 0.1) is 0 Å². The second kappa shape index (κ2) is 6.62. The Morgan fingerprint density at radius 3 is 2.78 bits per heavy atom. The summed E-state index contributed by atoms with van der Waals surface area (Å²) < 4.78 is 5.67. The Kier molecular flexibility index (Phi) is 3.97. The first-order chi connectivity index (χ1) is 13.3. The summed E-state index contributed by atoms with van der Waals surface area (Å²) in [6.07, 6.45) is 3.02. The third kappa shape index (κ3) is 2.91. The molecule has 1 amide bonds. The van der Waals surface area contributed by atoms with E-state index in [1.807, 2.05) is 24.3 Å². The number of rotatable bonds is 4. The average Bonchev–Trinajstić information content (AvgIpc) is 3.13. The van der Waals surface area contributed by atoms with Gasteiger partial charge in [0.2, 0.25) is 5.91 Å². The minimum absolute atomic E-state index is 0.0000406. The van der Waals surface area contributed by atoms with Crippen molar-refractivity contribution in [3.05, 3.63) is 71.3 Å². The van der Waals surface area contributed by atoms with E-state index in [2.05, 4.69) is 41.0 Å². The second-order valence-electron chi connectivity index (χ2n) is 7.26. The van der Waals surface area contributed by atoms with Gasteiger partial charge in [-0.2, -0.15) is 0 Å². The minimum Gasteiger partial charge on any atom is -0.493 e. The zero-order valence-electron chi connectivity index (χ0n) is 15.1. The highest BCUT2D eigenvalue weighted by Crippen LogP contribution is 2.35. The third-order valence-electron chi connectivity index (χ3n) is 5.61. The van der Waals surface area contributed by atoms with Gasteiger partial charge in [0.05, 0.1) is 19.2 Å². The highest BCUT2D eigenvalue weighted by molar-refractivity contribution is 6.00. The van der Waals surface area contributed by atoms with Crippen LogP contribution in [0.4, 0.5) is 5.69 Å². The molecule has 136 valence electrons. The first kappa shape index (κ1) is 16.2. The number of anilines is 1. The van der Waals surface area contributed by atoms with Gasteiger partial charge >= 0.3 is 0 Å². The quantitative estimate of drug-likeness (QED) is 0.741. The fourth-order valence-electron chi connectivity index (χ4n) is 4.31. The van der Waals surface area contributed by atoms with E-state index < -0.39 is 0 Å². The van der Waals surface area contributed by atoms with Crippen LogP contribution in [0.1, 0.15) is 29.2 Å². The smallest absolute Gasteiger partial charge is 0.239 e. The van der Waals surface area contributed by atoms with Crippen LogP contribution in [-0.2, 0) is 17.6 Å². The Morgan fingerprint density at radius 1 is 1.00 bits per heavy atom. The van der Waals surface area contributed by atoms with Crippen molar-refractivity contribution in [3.8, 4) is 5.75 Å². The number of benzene rings is 3. The van der Waals surface area contributed by atoms with Crippen LogP contribution in [0.5, 0.6) is 5.75 Å². The van der Waals surface area contributed by atoms with Gasteiger partial charge in [0.15, 0.2) is 0 Å². The first-order valence-electron chi connectivity index (χ1n) is 9.58. The zero-order valence-corrected chi connectivity index (χ0v) is 15.1. The molecule has 1 aliphatic heterocycles. The molecule has 27 heavy (non-hydrogen) atoms. The van der Waals surface area contributed by atoms with Crippen LogP contribution in [0.25, 0.3) is 10.8 Å². The third-order valence-corrected chi connectivity index (χ3v) is 5.61. The van der Waals surface area contributed by atoms with Crippen LogP contribution in [0.2, 0.25) is 0 Å². The van der Waals surface area contributed by atoms with Crippen molar-refractivity contribution in [2.75, 3.05) is 18.5 Å². The number of para-hydroxylation sites is 1. The van der Waals surface area contributed by atoms with E-state index in [1.165, 1.54) is 21.9 Å². The fraction of sp³-hybridized carbons (Fsp3) is 0.261. The maximum absolute atomic E-state index is 12.6. The molecule has 4 heteroatoms. The van der Waals surface area contributed by atoms with E-state index in [4.69, 9.17) is 4.74 Å². The lowest BCUT2D eigenvalue weighted by Gasteiger charge is -2.26. The maximum Gasteiger partial charge on any atom is 0.239 e. The molecule has 1 unspecified atom stereocenters. The molecule has 0 fully saturated rings. The molecule has 0 bridgehead atoms. The SMILES string of the molecule is O=C(CNc1ccc2c3c(cccc13)CC2)NC1CCOc2ccccc21. The van der Waals surface area contributed by atoms with E-state index in [0.29, 0.717) is 6.61 Å². The van der Waals surface area contributed by atoms with Crippen molar-refractivity contribution in [1.29, 1.82) is 0 Å². The number of amides is 1. The summed E-state index contributed by atoms with van der Waals surface area (Å²) in [5.41, 5.74) is 4.91. The topological polar surface area (TPSA) is 50.4 Å². The molecule has 3 aromatic carbocycles. The summed E-state index contributed by atoms with van der Waals surface area (Å²) in [5, 5.41) is 9.06. The van der Waals surface area contributed by atoms with Crippen molar-refractivity contribution in [1.82, 2.24) is 5.32 Å². The van der Waals surface area contributed by atoms with Gasteiger partial charge in [-0.15, -0.1) is 0 Å². The molecule has 0 saturated carbocycles. The van der Waals surface area contributed by atoms with E-state index in [-0.39, 0.29) is 18.5 Å². The van der Waals surface area contributed by atoms with Crippen LogP contribution in [0.15, 0.2) is 54.6 Å². The summed E-state index contributed by atoms with van der Waals surface area (Å²) in [5.74, 6) is 0.870. The largest absolute Gasteiger partial charge is 0.493 e. The molecule has 1 atom stereocenters. The molecule has 3 aromatic rings. The number of aryl methyl sites for hydroxylation is 2. The van der Waals surface area contributed by atoms with E-state index in [1.54, 1.807) is 0 Å². The predicted molar refractivity (Wildman–Crippen MR) is 107 cm³/mol. The zero-order chi connectivity index (χ0) is 18.2. The minimum atomic E-state index is -0.0000406. The molecule has 0 spiro atoms. The lowest BCUT2D eigenvalue weighted by Crippen LogP contribution is -2.35. The Morgan fingerprint density at radius 2 is 1.85 bits per heavy atom. The van der Waals surface area contributed by atoms with Gasteiger partial charge in [0, 0.05) is 23.1 Å². The predicted octanol–water partition coefficient (Wildman–Crippen LogP) is 3.99. The summed E-state index contributed by atoms with van der Waals surface area (Å²) in [6.45, 7) is 0.891. The molecule has 5 rings (SSSR count). The molecule has 4 nitrogen and oxygen atoms in total. The molecule has 0 aromatic heterocycles. The summed E-state index contributed by atoms with van der Waals surface area (Å²) >= 11 is 0. The number of fused-ring (bicyclic) bond motifs is 1. The first-order valence-corrected chi connectivity index (χ1v) is 9.58. The van der Waals surface area contributed by atoms with Gasteiger partial charge in [-0.25, -0.2) is 0 Å². The van der Waals surface area contributed by atoms with Crippen molar-refractivity contribution in [2.45, 2.75) is 25.3 Å². The number of hydrogen-bond donors (Lipinski definition) is 2. The number of hydrogen-bond acceptors (Lipinski definition) is 3. The molecule has 2 aliphatic rings. The standard InChI is InChI=1S/C23H22N2O2/c26-22(25-20-12-13-27-21-7-2-1-5-17(20)21)14-24-19-11-10-16-9-8-15-4-3-6-18(19)23(15)16/h1-7,10-11,20,24H,8-9,12-14H2,(H,25,26). The lowest BCUT2D eigenvalue weighted by atomic mass is 10.0. The van der Waals surface area contributed by atoms with Crippen LogP contribution in [-0.4, -0.2) is 19.1 Å². The van der Waals surface area contributed by atoms with Gasteiger partial charge in [0.1, 0.15) is 5.75 Å². The normalized spacial score (nSPS) is 17.3. The molecular weight excluding hydrogens is 336 g/mol. The summed E-state index contributed by atoms with van der Waals surface area (Å²) in [7, 11) is 0. The van der Waals surface area contributed by atoms with Crippen LogP contribution >= 0.6 is 0 Å². The average molecular weight is 358 g/mol. The highest BCUT2D eigenvalue weighted by atomic mass is 16.5. The van der Waals surface area contributed by atoms with Gasteiger partial charge in [-0.1, -0.05) is 42.5 Å². The van der Waals surface area contributed by atoms with E-state index >= 15 is 0 Å². The van der Waals surface area contributed by atoms with Crippen molar-refractivity contribution in [3.63, 3.8) is 0 Å². The van der Waals surface area contributed by atoms with Crippen LogP contribution in [0.3, 0.4) is 0 Å². The van der Waals surface area contributed by atoms with E-state index in [0.717, 1.165) is 36.3 Å². The molecular formula is C23H22N2O2. The van der Waals surface area contributed by atoms with Gasteiger partial charge in [-0.05, 0) is 41.5 Å². The molecule has 2 N–H and O–H groups in total. The van der Waals surface area contributed by atoms with Crippen LogP contribution < -0.4 is 15.4 Å². The Hall–Kier alpha value is -3.01. The maximum atomic E-state index is 12.6. The monoisotopic (exact) mass is 358 g/mol. The van der Waals surface area contributed by atoms with Gasteiger partial charge < -0.3 is 15.4 Å². The number of carbonyl (C=O) groups excluding carboxylic acids is 1. The Labute approximate surface area is 158 Å². The molecule has 1 heterocycles. The lowest BCUT2D eigenvalue weighted by molar-refractivity contribution is -0.120. The second-order valence-corrected chi connectivity index (χ2v) is 7.26. The van der Waals surface area contributed by atoms with Crippen molar-refractivity contribution in [2.24, 2.45) is 0 Å². The number of nitrogens with one attached hydrogen (secondary N) is 2. The molecule has 1 aliphatic carbocycles. The summed E-state index contributed by atoms with van der Waals surface area (Å²) in [4.78, 5) is 12.6. The Bertz CT molecular complexity index is 1020. The summed E-state index contributed by atoms with van der Waals surface area (Å²) in [6, 6.07) is 18.7. The van der Waals surface area contributed by atoms with Crippen molar-refractivity contribution >= 4 is 22.4 Å². The van der Waals surface area contributed by atoms with Gasteiger partial charge in [-0.3, -0.25) is 4.79 Å². The number of carbonyl (C=O) groups is 1. The fourth-order valence-corrected chi connectivity index (χ4v) is 4.31.